The number of rotatable bonds is 5. The number of hydrogen-bond acceptors (Lipinski definition) is 4. The van der Waals surface area contributed by atoms with Gasteiger partial charge in [-0.1, -0.05) is 18.2 Å². The molecule has 1 aliphatic rings. The van der Waals surface area contributed by atoms with Crippen molar-refractivity contribution in [1.82, 2.24) is 9.47 Å². The van der Waals surface area contributed by atoms with Gasteiger partial charge in [0.05, 0.1) is 5.56 Å². The third kappa shape index (κ3) is 4.48. The lowest BCUT2D eigenvalue weighted by molar-refractivity contribution is -0.134. The van der Waals surface area contributed by atoms with E-state index in [1.807, 2.05) is 59.4 Å². The lowest BCUT2D eigenvalue weighted by atomic mass is 10.2. The van der Waals surface area contributed by atoms with Gasteiger partial charge >= 0.3 is 5.97 Å². The topological polar surface area (TPSA) is 54.8 Å². The molecule has 29 heavy (non-hydrogen) atoms. The maximum Gasteiger partial charge on any atom is 0.338 e. The van der Waals surface area contributed by atoms with Gasteiger partial charge < -0.3 is 19.1 Å². The molecule has 1 aliphatic heterocycles. The van der Waals surface area contributed by atoms with Gasteiger partial charge in [0, 0.05) is 49.9 Å². The Balaban J connectivity index is 1.26. The molecule has 1 fully saturated rings. The summed E-state index contributed by atoms with van der Waals surface area (Å²) in [5.74, 6) is -0.643. The van der Waals surface area contributed by atoms with E-state index < -0.39 is 5.97 Å². The van der Waals surface area contributed by atoms with Crippen molar-refractivity contribution in [3.8, 4) is 5.69 Å². The Morgan fingerprint density at radius 2 is 1.41 bits per heavy atom. The van der Waals surface area contributed by atoms with Crippen LogP contribution in [0.2, 0.25) is 0 Å². The second-order valence-electron chi connectivity index (χ2n) is 6.92. The van der Waals surface area contributed by atoms with Crippen molar-refractivity contribution in [3.05, 3.63) is 84.7 Å². The molecule has 0 radical (unpaired) electrons. The van der Waals surface area contributed by atoms with Crippen molar-refractivity contribution in [1.29, 1.82) is 0 Å². The Morgan fingerprint density at radius 1 is 0.759 bits per heavy atom. The summed E-state index contributed by atoms with van der Waals surface area (Å²) in [4.78, 5) is 28.7. The molecule has 0 N–H and O–H groups in total. The Kier molecular flexibility index (Phi) is 5.61. The number of amides is 1. The van der Waals surface area contributed by atoms with Gasteiger partial charge in [0.2, 0.25) is 0 Å². The van der Waals surface area contributed by atoms with Crippen LogP contribution in [0.25, 0.3) is 5.69 Å². The smallest absolute Gasteiger partial charge is 0.338 e. The van der Waals surface area contributed by atoms with Crippen LogP contribution in [0.5, 0.6) is 0 Å². The second-order valence-corrected chi connectivity index (χ2v) is 6.92. The average molecular weight is 389 g/mol. The van der Waals surface area contributed by atoms with Gasteiger partial charge in [0.25, 0.3) is 5.91 Å². The Morgan fingerprint density at radius 3 is 2.07 bits per heavy atom. The number of esters is 1. The fraction of sp³-hybridized carbons (Fsp3) is 0.217. The van der Waals surface area contributed by atoms with E-state index >= 15 is 0 Å². The molecule has 0 atom stereocenters. The zero-order chi connectivity index (χ0) is 20.1. The molecule has 1 saturated heterocycles. The van der Waals surface area contributed by atoms with Crippen LogP contribution >= 0.6 is 0 Å². The number of ether oxygens (including phenoxy) is 1. The maximum atomic E-state index is 12.4. The molecular formula is C23H23N3O3. The molecule has 1 amide bonds. The zero-order valence-corrected chi connectivity index (χ0v) is 16.1. The van der Waals surface area contributed by atoms with Crippen LogP contribution in [0.4, 0.5) is 5.69 Å². The molecular weight excluding hydrogens is 366 g/mol. The normalized spacial score (nSPS) is 13.9. The van der Waals surface area contributed by atoms with Crippen LogP contribution in [-0.4, -0.2) is 54.1 Å². The largest absolute Gasteiger partial charge is 0.452 e. The van der Waals surface area contributed by atoms with Gasteiger partial charge in [-0.2, -0.15) is 0 Å². The van der Waals surface area contributed by atoms with Gasteiger partial charge in [0.1, 0.15) is 0 Å². The van der Waals surface area contributed by atoms with E-state index in [0.29, 0.717) is 18.7 Å². The SMILES string of the molecule is O=C(OCC(=O)N1CCN(c2ccccc2)CC1)c1ccc(-n2cccc2)cc1. The number of benzene rings is 2. The van der Waals surface area contributed by atoms with Gasteiger partial charge in [-0.3, -0.25) is 4.79 Å². The Labute approximate surface area is 169 Å². The molecule has 0 unspecified atom stereocenters. The van der Waals surface area contributed by atoms with Gasteiger partial charge in [0.15, 0.2) is 6.61 Å². The fourth-order valence-corrected chi connectivity index (χ4v) is 3.43. The summed E-state index contributed by atoms with van der Waals surface area (Å²) < 4.78 is 7.19. The summed E-state index contributed by atoms with van der Waals surface area (Å²) in [5.41, 5.74) is 2.55. The van der Waals surface area contributed by atoms with E-state index in [1.165, 1.54) is 0 Å². The molecule has 2 heterocycles. The van der Waals surface area contributed by atoms with Crippen molar-refractivity contribution in [2.45, 2.75) is 0 Å². The van der Waals surface area contributed by atoms with Crippen LogP contribution in [0.15, 0.2) is 79.1 Å². The Hall–Kier alpha value is -3.54. The summed E-state index contributed by atoms with van der Waals surface area (Å²) in [5, 5.41) is 0. The van der Waals surface area contributed by atoms with E-state index in [-0.39, 0.29) is 12.5 Å². The van der Waals surface area contributed by atoms with Crippen molar-refractivity contribution in [2.75, 3.05) is 37.7 Å². The first-order valence-corrected chi connectivity index (χ1v) is 9.69. The van der Waals surface area contributed by atoms with Gasteiger partial charge in [-0.25, -0.2) is 4.79 Å². The predicted octanol–water partition coefficient (Wildman–Crippen LogP) is 2.98. The number of aromatic nitrogens is 1. The van der Waals surface area contributed by atoms with Crippen LogP contribution in [0.1, 0.15) is 10.4 Å². The van der Waals surface area contributed by atoms with E-state index in [9.17, 15) is 9.59 Å². The number of piperazine rings is 1. The van der Waals surface area contributed by atoms with Gasteiger partial charge in [-0.15, -0.1) is 0 Å². The minimum absolute atomic E-state index is 0.157. The molecule has 1 aromatic heterocycles. The van der Waals surface area contributed by atoms with Crippen molar-refractivity contribution >= 4 is 17.6 Å². The summed E-state index contributed by atoms with van der Waals surface area (Å²) in [6.07, 6.45) is 3.87. The third-order valence-corrected chi connectivity index (χ3v) is 5.09. The first kappa shape index (κ1) is 18.8. The molecule has 6 heteroatoms. The highest BCUT2D eigenvalue weighted by atomic mass is 16.5. The summed E-state index contributed by atoms with van der Waals surface area (Å²) in [6, 6.07) is 21.1. The lowest BCUT2D eigenvalue weighted by Crippen LogP contribution is -2.49. The molecule has 4 rings (SSSR count). The number of carbonyl (C=O) groups excluding carboxylic acids is 2. The summed E-state index contributed by atoms with van der Waals surface area (Å²) in [6.45, 7) is 2.55. The highest BCUT2D eigenvalue weighted by Crippen LogP contribution is 2.16. The van der Waals surface area contributed by atoms with Crippen molar-refractivity contribution in [2.24, 2.45) is 0 Å². The first-order valence-electron chi connectivity index (χ1n) is 9.69. The molecule has 0 saturated carbocycles. The molecule has 148 valence electrons. The van der Waals surface area contributed by atoms with Crippen LogP contribution in [0, 0.1) is 0 Å². The van der Waals surface area contributed by atoms with Crippen LogP contribution in [0.3, 0.4) is 0 Å². The summed E-state index contributed by atoms with van der Waals surface area (Å²) in [7, 11) is 0. The van der Waals surface area contributed by atoms with Crippen molar-refractivity contribution < 1.29 is 14.3 Å². The minimum Gasteiger partial charge on any atom is -0.452 e. The summed E-state index contributed by atoms with van der Waals surface area (Å²) >= 11 is 0. The van der Waals surface area contributed by atoms with Gasteiger partial charge in [-0.05, 0) is 48.5 Å². The standard InChI is InChI=1S/C23H23N3O3/c27-22(26-16-14-25(15-17-26)20-6-2-1-3-7-20)18-29-23(28)19-8-10-21(11-9-19)24-12-4-5-13-24/h1-13H,14-18H2. The zero-order valence-electron chi connectivity index (χ0n) is 16.1. The molecule has 0 bridgehead atoms. The lowest BCUT2D eigenvalue weighted by Gasteiger charge is -2.36. The quantitative estimate of drug-likeness (QED) is 0.630. The molecule has 0 spiro atoms. The molecule has 2 aromatic carbocycles. The first-order chi connectivity index (χ1) is 14.2. The molecule has 0 aliphatic carbocycles. The number of carbonyl (C=O) groups is 2. The molecule has 6 nitrogen and oxygen atoms in total. The van der Waals surface area contributed by atoms with E-state index in [0.717, 1.165) is 24.5 Å². The minimum atomic E-state index is -0.486. The Bertz CT molecular complexity index is 945. The highest BCUT2D eigenvalue weighted by Gasteiger charge is 2.22. The average Bonchev–Trinajstić information content (AvgIpc) is 3.33. The number of hydrogen-bond donors (Lipinski definition) is 0. The monoisotopic (exact) mass is 389 g/mol. The van der Waals surface area contributed by atoms with Crippen molar-refractivity contribution in [3.63, 3.8) is 0 Å². The molecule has 3 aromatic rings. The number of anilines is 1. The maximum absolute atomic E-state index is 12.4. The predicted molar refractivity (Wildman–Crippen MR) is 111 cm³/mol. The van der Waals surface area contributed by atoms with Crippen LogP contribution in [-0.2, 0) is 9.53 Å². The fourth-order valence-electron chi connectivity index (χ4n) is 3.43. The highest BCUT2D eigenvalue weighted by molar-refractivity contribution is 5.91. The number of para-hydroxylation sites is 1. The second kappa shape index (κ2) is 8.65. The van der Waals surface area contributed by atoms with E-state index in [1.54, 1.807) is 17.0 Å². The third-order valence-electron chi connectivity index (χ3n) is 5.09. The number of nitrogens with zero attached hydrogens (tertiary/aromatic N) is 3. The van der Waals surface area contributed by atoms with E-state index in [4.69, 9.17) is 4.74 Å². The van der Waals surface area contributed by atoms with E-state index in [2.05, 4.69) is 17.0 Å². The van der Waals surface area contributed by atoms with Crippen LogP contribution < -0.4 is 4.90 Å².